The van der Waals surface area contributed by atoms with E-state index >= 15 is 0 Å². The van der Waals surface area contributed by atoms with Crippen LogP contribution in [0.5, 0.6) is 0 Å². The highest BCUT2D eigenvalue weighted by Gasteiger charge is 2.30. The lowest BCUT2D eigenvalue weighted by molar-refractivity contribution is 0.0696. The Labute approximate surface area is 183 Å². The molecule has 4 aromatic rings. The van der Waals surface area contributed by atoms with E-state index in [1.807, 2.05) is 53.8 Å². The SMILES string of the molecule is Cc1c(C(=O)N2CCCC(c3n[nH]c(=S)n3C)C2)nnn1-c1ccc2ncccc2c1. The third kappa shape index (κ3) is 3.42. The number of nitrogens with zero attached hydrogens (tertiary/aromatic N) is 7. The molecule has 1 N–H and O–H groups in total. The summed E-state index contributed by atoms with van der Waals surface area (Å²) in [6.45, 7) is 3.15. The molecule has 0 radical (unpaired) electrons. The number of nitrogens with one attached hydrogen (secondary N) is 1. The minimum atomic E-state index is -0.104. The van der Waals surface area contributed by atoms with E-state index in [4.69, 9.17) is 12.2 Å². The first-order chi connectivity index (χ1) is 15.0. The fourth-order valence-electron chi connectivity index (χ4n) is 4.21. The Morgan fingerprint density at radius 2 is 2.16 bits per heavy atom. The molecule has 0 saturated carbocycles. The van der Waals surface area contributed by atoms with Gasteiger partial charge in [0.25, 0.3) is 5.91 Å². The van der Waals surface area contributed by atoms with Crippen molar-refractivity contribution in [2.24, 2.45) is 7.05 Å². The lowest BCUT2D eigenvalue weighted by atomic mass is 9.97. The van der Waals surface area contributed by atoms with Gasteiger partial charge in [-0.2, -0.15) is 5.10 Å². The number of amides is 1. The zero-order valence-corrected chi connectivity index (χ0v) is 18.1. The second-order valence-corrected chi connectivity index (χ2v) is 8.24. The van der Waals surface area contributed by atoms with E-state index in [1.54, 1.807) is 10.9 Å². The van der Waals surface area contributed by atoms with Gasteiger partial charge in [-0.05, 0) is 56.2 Å². The molecule has 1 atom stereocenters. The van der Waals surface area contributed by atoms with Gasteiger partial charge in [-0.1, -0.05) is 11.3 Å². The number of H-pyrrole nitrogens is 1. The number of pyridine rings is 1. The predicted molar refractivity (Wildman–Crippen MR) is 118 cm³/mol. The van der Waals surface area contributed by atoms with Crippen LogP contribution in [0.15, 0.2) is 36.5 Å². The van der Waals surface area contributed by atoms with Crippen LogP contribution in [0.1, 0.15) is 40.8 Å². The molecule has 0 bridgehead atoms. The van der Waals surface area contributed by atoms with Crippen LogP contribution in [0, 0.1) is 11.7 Å². The van der Waals surface area contributed by atoms with Crippen LogP contribution in [-0.2, 0) is 7.05 Å². The van der Waals surface area contributed by atoms with E-state index in [0.717, 1.165) is 35.3 Å². The Morgan fingerprint density at radius 3 is 2.97 bits per heavy atom. The highest BCUT2D eigenvalue weighted by molar-refractivity contribution is 7.71. The molecule has 1 unspecified atom stereocenters. The standard InChI is InChI=1S/C21H22N8OS/c1-13-18(23-26-29(13)16-7-8-17-14(11-16)5-3-9-22-17)20(30)28-10-4-6-15(12-28)19-24-25-21(31)27(19)2/h3,5,7-9,11,15H,4,6,10,12H2,1-2H3,(H,25,31). The van der Waals surface area contributed by atoms with Gasteiger partial charge in [0.1, 0.15) is 5.82 Å². The minimum Gasteiger partial charge on any atom is -0.336 e. The number of benzene rings is 1. The summed E-state index contributed by atoms with van der Waals surface area (Å²) in [6, 6.07) is 9.78. The molecule has 1 aliphatic heterocycles. The first kappa shape index (κ1) is 19.6. The predicted octanol–water partition coefficient (Wildman–Crippen LogP) is 2.93. The molecule has 1 aromatic carbocycles. The molecule has 1 saturated heterocycles. The number of fused-ring (bicyclic) bond motifs is 1. The van der Waals surface area contributed by atoms with Crippen molar-refractivity contribution in [3.05, 3.63) is 58.5 Å². The summed E-state index contributed by atoms with van der Waals surface area (Å²) >= 11 is 5.24. The number of piperidine rings is 1. The Hall–Kier alpha value is -3.40. The molecule has 1 fully saturated rings. The maximum absolute atomic E-state index is 13.3. The second-order valence-electron chi connectivity index (χ2n) is 7.85. The summed E-state index contributed by atoms with van der Waals surface area (Å²) < 4.78 is 4.17. The molecule has 0 spiro atoms. The van der Waals surface area contributed by atoms with Gasteiger partial charge < -0.3 is 9.47 Å². The maximum atomic E-state index is 13.3. The van der Waals surface area contributed by atoms with Crippen molar-refractivity contribution in [1.82, 2.24) is 39.6 Å². The minimum absolute atomic E-state index is 0.104. The number of aromatic amines is 1. The fourth-order valence-corrected chi connectivity index (χ4v) is 4.35. The Balaban J connectivity index is 1.41. The van der Waals surface area contributed by atoms with Crippen molar-refractivity contribution >= 4 is 29.0 Å². The monoisotopic (exact) mass is 434 g/mol. The normalized spacial score (nSPS) is 16.7. The molecule has 1 aliphatic rings. The molecule has 4 heterocycles. The average molecular weight is 435 g/mol. The average Bonchev–Trinajstić information content (AvgIpc) is 3.35. The highest BCUT2D eigenvalue weighted by Crippen LogP contribution is 2.27. The summed E-state index contributed by atoms with van der Waals surface area (Å²) in [5.41, 5.74) is 2.85. The van der Waals surface area contributed by atoms with Gasteiger partial charge in [-0.15, -0.1) is 5.10 Å². The van der Waals surface area contributed by atoms with Crippen molar-refractivity contribution in [2.45, 2.75) is 25.7 Å². The zero-order valence-electron chi connectivity index (χ0n) is 17.3. The quantitative estimate of drug-likeness (QED) is 0.498. The van der Waals surface area contributed by atoms with Crippen LogP contribution in [-0.4, -0.2) is 58.6 Å². The van der Waals surface area contributed by atoms with Crippen LogP contribution in [0.2, 0.25) is 0 Å². The van der Waals surface area contributed by atoms with Crippen LogP contribution in [0.4, 0.5) is 0 Å². The lowest BCUT2D eigenvalue weighted by Gasteiger charge is -2.31. The van der Waals surface area contributed by atoms with Crippen molar-refractivity contribution in [1.29, 1.82) is 0 Å². The summed E-state index contributed by atoms with van der Waals surface area (Å²) in [6.07, 6.45) is 3.64. The van der Waals surface area contributed by atoms with Crippen LogP contribution >= 0.6 is 12.2 Å². The molecule has 3 aromatic heterocycles. The number of rotatable bonds is 3. The maximum Gasteiger partial charge on any atom is 0.276 e. The van der Waals surface area contributed by atoms with Gasteiger partial charge in [0.05, 0.1) is 16.9 Å². The van der Waals surface area contributed by atoms with E-state index in [1.165, 1.54) is 0 Å². The third-order valence-corrected chi connectivity index (χ3v) is 6.28. The largest absolute Gasteiger partial charge is 0.336 e. The third-order valence-electron chi connectivity index (χ3n) is 5.92. The Bertz CT molecular complexity index is 1340. The fraction of sp³-hybridized carbons (Fsp3) is 0.333. The Kier molecular flexibility index (Phi) is 4.85. The molecular formula is C21H22N8OS. The molecular weight excluding hydrogens is 412 g/mol. The lowest BCUT2D eigenvalue weighted by Crippen LogP contribution is -2.40. The molecule has 0 aliphatic carbocycles. The molecule has 5 rings (SSSR count). The zero-order chi connectivity index (χ0) is 21.5. The number of aromatic nitrogens is 7. The van der Waals surface area contributed by atoms with Crippen molar-refractivity contribution in [2.75, 3.05) is 13.1 Å². The van der Waals surface area contributed by atoms with E-state index in [9.17, 15) is 4.79 Å². The van der Waals surface area contributed by atoms with Crippen LogP contribution < -0.4 is 0 Å². The van der Waals surface area contributed by atoms with E-state index in [2.05, 4.69) is 25.5 Å². The van der Waals surface area contributed by atoms with Gasteiger partial charge in [-0.25, -0.2) is 4.68 Å². The van der Waals surface area contributed by atoms with E-state index in [-0.39, 0.29) is 11.8 Å². The highest BCUT2D eigenvalue weighted by atomic mass is 32.1. The van der Waals surface area contributed by atoms with E-state index < -0.39 is 0 Å². The number of carbonyl (C=O) groups is 1. The van der Waals surface area contributed by atoms with E-state index in [0.29, 0.717) is 29.2 Å². The first-order valence-electron chi connectivity index (χ1n) is 10.2. The van der Waals surface area contributed by atoms with Crippen molar-refractivity contribution < 1.29 is 4.79 Å². The molecule has 31 heavy (non-hydrogen) atoms. The van der Waals surface area contributed by atoms with Crippen molar-refractivity contribution in [3.8, 4) is 5.69 Å². The number of hydrogen-bond acceptors (Lipinski definition) is 6. The molecule has 9 nitrogen and oxygen atoms in total. The summed E-state index contributed by atoms with van der Waals surface area (Å²) in [5, 5.41) is 16.7. The smallest absolute Gasteiger partial charge is 0.276 e. The summed E-state index contributed by atoms with van der Waals surface area (Å²) in [7, 11) is 1.90. The Morgan fingerprint density at radius 1 is 1.29 bits per heavy atom. The molecule has 158 valence electrons. The number of likely N-dealkylation sites (tertiary alicyclic amines) is 1. The topological polar surface area (TPSA) is 97.5 Å². The molecule has 10 heteroatoms. The summed E-state index contributed by atoms with van der Waals surface area (Å²) in [5.74, 6) is 0.916. The molecule has 1 amide bonds. The van der Waals surface area contributed by atoms with Gasteiger partial charge in [0.15, 0.2) is 10.5 Å². The van der Waals surface area contributed by atoms with Gasteiger partial charge in [-0.3, -0.25) is 14.9 Å². The van der Waals surface area contributed by atoms with Gasteiger partial charge in [0, 0.05) is 37.6 Å². The number of carbonyl (C=O) groups excluding carboxylic acids is 1. The first-order valence-corrected chi connectivity index (χ1v) is 10.6. The van der Waals surface area contributed by atoms with Crippen LogP contribution in [0.25, 0.3) is 16.6 Å². The van der Waals surface area contributed by atoms with Crippen LogP contribution in [0.3, 0.4) is 0 Å². The van der Waals surface area contributed by atoms with Crippen molar-refractivity contribution in [3.63, 3.8) is 0 Å². The second kappa shape index (κ2) is 7.69. The summed E-state index contributed by atoms with van der Waals surface area (Å²) in [4.78, 5) is 19.5. The number of hydrogen-bond donors (Lipinski definition) is 1. The van der Waals surface area contributed by atoms with Gasteiger partial charge in [0.2, 0.25) is 0 Å². The van der Waals surface area contributed by atoms with Gasteiger partial charge >= 0.3 is 0 Å².